The molecule has 3 aromatic carbocycles. The van der Waals surface area contributed by atoms with Crippen LogP contribution in [0.3, 0.4) is 0 Å². The van der Waals surface area contributed by atoms with Crippen LogP contribution in [0.1, 0.15) is 40.3 Å². The molecule has 0 spiro atoms. The van der Waals surface area contributed by atoms with E-state index in [1.54, 1.807) is 10.7 Å². The number of hydrogen-bond acceptors (Lipinski definition) is 3. The fourth-order valence-corrected chi connectivity index (χ4v) is 4.21. The number of anilines is 2. The molecule has 0 aliphatic carbocycles. The van der Waals surface area contributed by atoms with Crippen LogP contribution in [-0.2, 0) is 10.2 Å². The highest BCUT2D eigenvalue weighted by atomic mass is 35.5. The lowest BCUT2D eigenvalue weighted by molar-refractivity contribution is -0.117. The molecule has 37 heavy (non-hydrogen) atoms. The van der Waals surface area contributed by atoms with Gasteiger partial charge in [-0.2, -0.15) is 5.10 Å². The number of hydrogen-bond donors (Lipinski definition) is 2. The highest BCUT2D eigenvalue weighted by molar-refractivity contribution is 6.32. The number of halogens is 1. The van der Waals surface area contributed by atoms with Gasteiger partial charge in [-0.15, -0.1) is 0 Å². The second kappa shape index (κ2) is 10.6. The maximum atomic E-state index is 13.3. The molecule has 0 unspecified atom stereocenters. The summed E-state index contributed by atoms with van der Waals surface area (Å²) < 4.78 is 1.64. The molecule has 7 nitrogen and oxygen atoms in total. The Labute approximate surface area is 222 Å². The summed E-state index contributed by atoms with van der Waals surface area (Å²) in [6.45, 7) is 9.78. The Hall–Kier alpha value is -3.84. The Morgan fingerprint density at radius 1 is 0.973 bits per heavy atom. The average Bonchev–Trinajstić information content (AvgIpc) is 3.27. The second-order valence-electron chi connectivity index (χ2n) is 10.3. The van der Waals surface area contributed by atoms with Crippen LogP contribution in [0.5, 0.6) is 0 Å². The second-order valence-corrected chi connectivity index (χ2v) is 10.7. The Bertz CT molecular complexity index is 1430. The number of benzene rings is 3. The maximum Gasteiger partial charge on any atom is 0.322 e. The third-order valence-corrected chi connectivity index (χ3v) is 6.37. The molecule has 0 aliphatic heterocycles. The molecule has 0 saturated heterocycles. The molecule has 4 rings (SSSR count). The largest absolute Gasteiger partial charge is 0.322 e. The lowest BCUT2D eigenvalue weighted by Crippen LogP contribution is -2.44. The monoisotopic (exact) mass is 517 g/mol. The zero-order valence-corrected chi connectivity index (χ0v) is 22.5. The molecule has 1 heterocycles. The van der Waals surface area contributed by atoms with Crippen LogP contribution in [0, 0.1) is 0 Å². The number of nitrogens with zero attached hydrogens (tertiary/aromatic N) is 3. The van der Waals surface area contributed by atoms with E-state index in [-0.39, 0.29) is 29.9 Å². The van der Waals surface area contributed by atoms with E-state index in [0.29, 0.717) is 22.2 Å². The first-order valence-corrected chi connectivity index (χ1v) is 12.6. The average molecular weight is 518 g/mol. The molecule has 8 heteroatoms. The van der Waals surface area contributed by atoms with Crippen molar-refractivity contribution in [1.82, 2.24) is 14.7 Å². The number of aromatic nitrogens is 2. The molecule has 4 aromatic rings. The molecule has 192 valence electrons. The number of rotatable bonds is 6. The molecular weight excluding hydrogens is 486 g/mol. The summed E-state index contributed by atoms with van der Waals surface area (Å²) in [5.74, 6) is 0.150. The van der Waals surface area contributed by atoms with Crippen molar-refractivity contribution in [2.45, 2.75) is 46.1 Å². The van der Waals surface area contributed by atoms with Crippen molar-refractivity contribution >= 4 is 45.8 Å². The SMILES string of the molecule is CC(C)N(CC(=O)Nc1cc(C(C)(C)C)nn1-c1ccccc1Cl)C(=O)Nc1cccc2ccccc12. The van der Waals surface area contributed by atoms with Crippen molar-refractivity contribution in [3.63, 3.8) is 0 Å². The Morgan fingerprint density at radius 2 is 1.65 bits per heavy atom. The van der Waals surface area contributed by atoms with Crippen molar-refractivity contribution in [3.8, 4) is 5.69 Å². The van der Waals surface area contributed by atoms with Gasteiger partial charge in [0.25, 0.3) is 0 Å². The number of carbonyl (C=O) groups is 2. The van der Waals surface area contributed by atoms with Gasteiger partial charge in [0.15, 0.2) is 0 Å². The molecular formula is C29H32ClN5O2. The normalized spacial score (nSPS) is 11.5. The quantitative estimate of drug-likeness (QED) is 0.293. The van der Waals surface area contributed by atoms with Crippen molar-refractivity contribution in [1.29, 1.82) is 0 Å². The van der Waals surface area contributed by atoms with E-state index >= 15 is 0 Å². The van der Waals surface area contributed by atoms with Gasteiger partial charge in [-0.25, -0.2) is 9.48 Å². The van der Waals surface area contributed by atoms with Gasteiger partial charge in [-0.05, 0) is 37.4 Å². The zero-order valence-electron chi connectivity index (χ0n) is 21.7. The van der Waals surface area contributed by atoms with Crippen LogP contribution < -0.4 is 10.6 Å². The van der Waals surface area contributed by atoms with Crippen molar-refractivity contribution in [2.75, 3.05) is 17.2 Å². The van der Waals surface area contributed by atoms with Gasteiger partial charge in [0.2, 0.25) is 5.91 Å². The number of amides is 3. The van der Waals surface area contributed by atoms with E-state index in [9.17, 15) is 9.59 Å². The summed E-state index contributed by atoms with van der Waals surface area (Å²) in [6, 6.07) is 22.2. The van der Waals surface area contributed by atoms with Gasteiger partial charge in [-0.1, -0.05) is 80.9 Å². The molecule has 0 radical (unpaired) electrons. The summed E-state index contributed by atoms with van der Waals surface area (Å²) in [4.78, 5) is 28.0. The molecule has 0 bridgehead atoms. The predicted molar refractivity (Wildman–Crippen MR) is 151 cm³/mol. The van der Waals surface area contributed by atoms with Crippen LogP contribution in [0.15, 0.2) is 72.8 Å². The minimum atomic E-state index is -0.350. The van der Waals surface area contributed by atoms with Crippen LogP contribution in [-0.4, -0.2) is 39.2 Å². The first-order chi connectivity index (χ1) is 17.5. The summed E-state index contributed by atoms with van der Waals surface area (Å²) in [7, 11) is 0. The van der Waals surface area contributed by atoms with Crippen molar-refractivity contribution in [2.24, 2.45) is 0 Å². The van der Waals surface area contributed by atoms with Crippen LogP contribution in [0.4, 0.5) is 16.3 Å². The van der Waals surface area contributed by atoms with E-state index in [1.165, 1.54) is 4.90 Å². The van der Waals surface area contributed by atoms with E-state index in [2.05, 4.69) is 31.4 Å². The van der Waals surface area contributed by atoms with Crippen LogP contribution in [0.25, 0.3) is 16.5 Å². The molecule has 0 saturated carbocycles. The highest BCUT2D eigenvalue weighted by Crippen LogP contribution is 2.29. The summed E-state index contributed by atoms with van der Waals surface area (Å²) in [5.41, 5.74) is 1.91. The molecule has 0 aliphatic rings. The van der Waals surface area contributed by atoms with Crippen LogP contribution in [0.2, 0.25) is 5.02 Å². The van der Waals surface area contributed by atoms with E-state index in [0.717, 1.165) is 16.5 Å². The van der Waals surface area contributed by atoms with Gasteiger partial charge in [0.05, 0.1) is 22.1 Å². The van der Waals surface area contributed by atoms with Crippen LogP contribution >= 0.6 is 11.6 Å². The number of urea groups is 1. The third-order valence-electron chi connectivity index (χ3n) is 6.06. The van der Waals surface area contributed by atoms with Gasteiger partial charge in [0, 0.05) is 22.9 Å². The van der Waals surface area contributed by atoms with Crippen molar-refractivity contribution < 1.29 is 9.59 Å². The lowest BCUT2D eigenvalue weighted by Gasteiger charge is -2.26. The third kappa shape index (κ3) is 5.94. The first kappa shape index (κ1) is 26.2. The zero-order chi connectivity index (χ0) is 26.7. The standard InChI is InChI=1S/C29H32ClN5O2/c1-19(2)34(28(37)31-23-15-10-12-20-11-6-7-13-21(20)23)18-27(36)32-26-17-25(29(3,4)5)33-35(26)24-16-9-8-14-22(24)30/h6-17,19H,18H2,1-5H3,(H,31,37)(H,32,36). The minimum Gasteiger partial charge on any atom is -0.313 e. The number of carbonyl (C=O) groups excluding carboxylic acids is 2. The van der Waals surface area contributed by atoms with E-state index in [1.807, 2.05) is 80.6 Å². The lowest BCUT2D eigenvalue weighted by atomic mass is 9.92. The summed E-state index contributed by atoms with van der Waals surface area (Å²) in [5, 5.41) is 13.1. The fourth-order valence-electron chi connectivity index (χ4n) is 3.99. The van der Waals surface area contributed by atoms with Gasteiger partial charge in [-0.3, -0.25) is 4.79 Å². The maximum absolute atomic E-state index is 13.3. The Balaban J connectivity index is 1.56. The Morgan fingerprint density at radius 3 is 2.35 bits per heavy atom. The fraction of sp³-hybridized carbons (Fsp3) is 0.276. The molecule has 1 aromatic heterocycles. The number of fused-ring (bicyclic) bond motifs is 1. The van der Waals surface area contributed by atoms with Gasteiger partial charge >= 0.3 is 6.03 Å². The minimum absolute atomic E-state index is 0.132. The highest BCUT2D eigenvalue weighted by Gasteiger charge is 2.25. The van der Waals surface area contributed by atoms with E-state index < -0.39 is 0 Å². The smallest absolute Gasteiger partial charge is 0.313 e. The first-order valence-electron chi connectivity index (χ1n) is 12.3. The summed E-state index contributed by atoms with van der Waals surface area (Å²) in [6.07, 6.45) is 0. The molecule has 2 N–H and O–H groups in total. The number of nitrogens with one attached hydrogen (secondary N) is 2. The van der Waals surface area contributed by atoms with Crippen molar-refractivity contribution in [3.05, 3.63) is 83.5 Å². The number of para-hydroxylation sites is 1. The topological polar surface area (TPSA) is 79.3 Å². The van der Waals surface area contributed by atoms with Gasteiger partial charge < -0.3 is 15.5 Å². The van der Waals surface area contributed by atoms with Gasteiger partial charge in [0.1, 0.15) is 12.4 Å². The molecule has 0 fully saturated rings. The Kier molecular flexibility index (Phi) is 7.55. The summed E-state index contributed by atoms with van der Waals surface area (Å²) >= 11 is 6.44. The predicted octanol–water partition coefficient (Wildman–Crippen LogP) is 6.86. The van der Waals surface area contributed by atoms with E-state index in [4.69, 9.17) is 16.7 Å². The molecule has 0 atom stereocenters. The molecule has 3 amide bonds.